The third-order valence-electron chi connectivity index (χ3n) is 6.15. The summed E-state index contributed by atoms with van der Waals surface area (Å²) in [5.41, 5.74) is 7.23. The minimum absolute atomic E-state index is 0.447. The highest BCUT2D eigenvalue weighted by atomic mass is 32.1. The molecule has 4 aliphatic carbocycles. The van der Waals surface area contributed by atoms with Crippen LogP contribution in [0.3, 0.4) is 0 Å². The van der Waals surface area contributed by atoms with Gasteiger partial charge in [-0.15, -0.1) is 11.3 Å². The third kappa shape index (κ3) is 2.17. The predicted molar refractivity (Wildman–Crippen MR) is 81.2 cm³/mol. The first-order valence-corrected chi connectivity index (χ1v) is 8.89. The summed E-state index contributed by atoms with van der Waals surface area (Å²) in [6, 6.07) is 4.87. The van der Waals surface area contributed by atoms with Crippen molar-refractivity contribution in [2.45, 2.75) is 57.4 Å². The van der Waals surface area contributed by atoms with Crippen LogP contribution in [0.1, 0.15) is 49.8 Å². The molecule has 1 nitrogen and oxygen atoms in total. The van der Waals surface area contributed by atoms with Gasteiger partial charge in [-0.25, -0.2) is 0 Å². The van der Waals surface area contributed by atoms with E-state index in [0.29, 0.717) is 11.5 Å². The maximum absolute atomic E-state index is 6.69. The number of aryl methyl sites for hydroxylation is 1. The Balaban J connectivity index is 1.45. The van der Waals surface area contributed by atoms with Gasteiger partial charge in [-0.3, -0.25) is 0 Å². The molecule has 5 rings (SSSR count). The van der Waals surface area contributed by atoms with E-state index in [4.69, 9.17) is 5.73 Å². The van der Waals surface area contributed by atoms with Crippen molar-refractivity contribution in [2.24, 2.45) is 28.9 Å². The Morgan fingerprint density at radius 3 is 2.32 bits per heavy atom. The van der Waals surface area contributed by atoms with Gasteiger partial charge in [0, 0.05) is 10.9 Å². The van der Waals surface area contributed by atoms with Gasteiger partial charge in [0.1, 0.15) is 0 Å². The second-order valence-electron chi connectivity index (χ2n) is 7.50. The molecule has 1 aromatic heterocycles. The van der Waals surface area contributed by atoms with Gasteiger partial charge in [0.2, 0.25) is 0 Å². The zero-order valence-corrected chi connectivity index (χ0v) is 12.5. The third-order valence-corrected chi connectivity index (χ3v) is 7.09. The number of nitrogens with two attached hydrogens (primary N) is 1. The topological polar surface area (TPSA) is 26.0 Å². The summed E-state index contributed by atoms with van der Waals surface area (Å²) in [6.07, 6.45) is 11.3. The van der Waals surface area contributed by atoms with Crippen molar-refractivity contribution < 1.29 is 0 Å². The predicted octanol–water partition coefficient (Wildman–Crippen LogP) is 4.22. The molecule has 0 radical (unpaired) electrons. The fourth-order valence-corrected chi connectivity index (χ4v) is 6.42. The van der Waals surface area contributed by atoms with Crippen molar-refractivity contribution in [1.82, 2.24) is 0 Å². The quantitative estimate of drug-likeness (QED) is 0.874. The molecular formula is C17H25NS. The lowest BCUT2D eigenvalue weighted by Crippen LogP contribution is -2.54. The van der Waals surface area contributed by atoms with Crippen LogP contribution < -0.4 is 5.73 Å². The van der Waals surface area contributed by atoms with Crippen LogP contribution in [0.5, 0.6) is 0 Å². The van der Waals surface area contributed by atoms with E-state index in [2.05, 4.69) is 17.5 Å². The summed E-state index contributed by atoms with van der Waals surface area (Å²) in [5.74, 6) is 3.08. The largest absolute Gasteiger partial charge is 0.327 e. The van der Waals surface area contributed by atoms with Gasteiger partial charge in [0.25, 0.3) is 0 Å². The lowest BCUT2D eigenvalue weighted by Gasteiger charge is -2.59. The molecular weight excluding hydrogens is 250 g/mol. The fourth-order valence-electron chi connectivity index (χ4n) is 5.69. The van der Waals surface area contributed by atoms with E-state index < -0.39 is 0 Å². The van der Waals surface area contributed by atoms with Crippen molar-refractivity contribution in [2.75, 3.05) is 0 Å². The van der Waals surface area contributed by atoms with E-state index in [1.54, 1.807) is 0 Å². The van der Waals surface area contributed by atoms with Crippen molar-refractivity contribution in [3.63, 3.8) is 0 Å². The maximum atomic E-state index is 6.69. The van der Waals surface area contributed by atoms with Crippen LogP contribution in [-0.2, 0) is 6.42 Å². The van der Waals surface area contributed by atoms with Crippen molar-refractivity contribution >= 4 is 11.3 Å². The molecule has 4 saturated carbocycles. The first-order chi connectivity index (χ1) is 9.23. The zero-order chi connectivity index (χ0) is 12.9. The van der Waals surface area contributed by atoms with E-state index in [1.807, 2.05) is 11.3 Å². The number of hydrogen-bond donors (Lipinski definition) is 1. The molecule has 1 heterocycles. The normalized spacial score (nSPS) is 41.6. The molecule has 2 heteroatoms. The van der Waals surface area contributed by atoms with Crippen LogP contribution in [0.25, 0.3) is 0 Å². The van der Waals surface area contributed by atoms with Crippen LogP contribution in [0.4, 0.5) is 0 Å². The monoisotopic (exact) mass is 275 g/mol. The van der Waals surface area contributed by atoms with Gasteiger partial charge >= 0.3 is 0 Å². The van der Waals surface area contributed by atoms with Gasteiger partial charge in [0.15, 0.2) is 0 Å². The van der Waals surface area contributed by atoms with Crippen molar-refractivity contribution in [3.05, 3.63) is 22.4 Å². The van der Waals surface area contributed by atoms with E-state index in [-0.39, 0.29) is 0 Å². The Morgan fingerprint density at radius 2 is 1.79 bits per heavy atom. The molecule has 19 heavy (non-hydrogen) atoms. The summed E-state index contributed by atoms with van der Waals surface area (Å²) in [6.45, 7) is 0. The smallest absolute Gasteiger partial charge is 0.00993 e. The lowest BCUT2D eigenvalue weighted by atomic mass is 9.47. The minimum Gasteiger partial charge on any atom is -0.327 e. The standard InChI is InChI=1S/C17H25NS/c18-16(4-3-15-2-1-5-19-15)17-9-12-6-13(10-17)8-14(7-12)11-17/h1-2,5,12-14,16H,3-4,6-11,18H2. The molecule has 4 aliphatic rings. The Morgan fingerprint density at radius 1 is 1.16 bits per heavy atom. The average molecular weight is 275 g/mol. The summed E-state index contributed by atoms with van der Waals surface area (Å²) >= 11 is 1.89. The molecule has 0 saturated heterocycles. The Labute approximate surface area is 120 Å². The number of hydrogen-bond acceptors (Lipinski definition) is 2. The number of rotatable bonds is 4. The molecule has 1 atom stereocenters. The fraction of sp³-hybridized carbons (Fsp3) is 0.765. The van der Waals surface area contributed by atoms with E-state index >= 15 is 0 Å². The van der Waals surface area contributed by atoms with Crippen molar-refractivity contribution in [3.8, 4) is 0 Å². The Bertz CT molecular complexity index is 401. The Kier molecular flexibility index (Phi) is 3.00. The van der Waals surface area contributed by atoms with Crippen LogP contribution in [-0.4, -0.2) is 6.04 Å². The highest BCUT2D eigenvalue weighted by molar-refractivity contribution is 7.09. The molecule has 104 valence electrons. The molecule has 0 aromatic carbocycles. The molecule has 0 aliphatic heterocycles. The summed E-state index contributed by atoms with van der Waals surface area (Å²) in [4.78, 5) is 1.51. The summed E-state index contributed by atoms with van der Waals surface area (Å²) < 4.78 is 0. The van der Waals surface area contributed by atoms with Gasteiger partial charge in [-0.2, -0.15) is 0 Å². The second-order valence-corrected chi connectivity index (χ2v) is 8.54. The highest BCUT2D eigenvalue weighted by Gasteiger charge is 2.53. The first kappa shape index (κ1) is 12.4. The van der Waals surface area contributed by atoms with Gasteiger partial charge in [-0.05, 0) is 86.0 Å². The lowest BCUT2D eigenvalue weighted by molar-refractivity contribution is -0.0680. The Hall–Kier alpha value is -0.340. The van der Waals surface area contributed by atoms with Gasteiger partial charge in [-0.1, -0.05) is 6.07 Å². The van der Waals surface area contributed by atoms with Crippen LogP contribution in [0.2, 0.25) is 0 Å². The summed E-state index contributed by atoms with van der Waals surface area (Å²) in [5, 5.41) is 2.19. The molecule has 0 amide bonds. The van der Waals surface area contributed by atoms with E-state index in [1.165, 1.54) is 56.2 Å². The first-order valence-electron chi connectivity index (χ1n) is 8.01. The van der Waals surface area contributed by atoms with E-state index in [0.717, 1.165) is 17.8 Å². The molecule has 1 aromatic rings. The van der Waals surface area contributed by atoms with Crippen LogP contribution in [0, 0.1) is 23.2 Å². The molecule has 4 bridgehead atoms. The molecule has 1 unspecified atom stereocenters. The second kappa shape index (κ2) is 4.60. The molecule has 4 fully saturated rings. The van der Waals surface area contributed by atoms with Gasteiger partial charge < -0.3 is 5.73 Å². The maximum Gasteiger partial charge on any atom is 0.00993 e. The highest BCUT2D eigenvalue weighted by Crippen LogP contribution is 2.61. The zero-order valence-electron chi connectivity index (χ0n) is 11.7. The SMILES string of the molecule is NC(CCc1cccs1)C12CC3CC(CC(C3)C1)C2. The molecule has 0 spiro atoms. The minimum atomic E-state index is 0.447. The number of thiophene rings is 1. The average Bonchev–Trinajstić information content (AvgIpc) is 2.87. The summed E-state index contributed by atoms with van der Waals surface area (Å²) in [7, 11) is 0. The van der Waals surface area contributed by atoms with E-state index in [9.17, 15) is 0 Å². The van der Waals surface area contributed by atoms with Crippen molar-refractivity contribution in [1.29, 1.82) is 0 Å². The van der Waals surface area contributed by atoms with Crippen LogP contribution in [0.15, 0.2) is 17.5 Å². The van der Waals surface area contributed by atoms with Gasteiger partial charge in [0.05, 0.1) is 0 Å². The molecule has 2 N–H and O–H groups in total. The van der Waals surface area contributed by atoms with Crippen LogP contribution >= 0.6 is 11.3 Å².